The molecule has 0 aromatic heterocycles. The molecule has 1 atom stereocenters. The van der Waals surface area contributed by atoms with E-state index in [9.17, 15) is 0 Å². The first kappa shape index (κ1) is 13.9. The number of hydrogen-bond acceptors (Lipinski definition) is 1. The molecular weight excluding hydrogens is 232 g/mol. The predicted molar refractivity (Wildman–Crippen MR) is 73.8 cm³/mol. The third kappa shape index (κ3) is 3.41. The predicted octanol–water partition coefficient (Wildman–Crippen LogP) is 4.56. The van der Waals surface area contributed by atoms with Gasteiger partial charge in [0.15, 0.2) is 0 Å². The van der Waals surface area contributed by atoms with Gasteiger partial charge >= 0.3 is 0 Å². The second-order valence-corrected chi connectivity index (χ2v) is 4.64. The molecule has 2 heteroatoms. The van der Waals surface area contributed by atoms with E-state index in [2.05, 4.69) is 12.8 Å². The van der Waals surface area contributed by atoms with Crippen molar-refractivity contribution in [2.45, 2.75) is 39.0 Å². The molecule has 0 heterocycles. The normalized spacial score (nSPS) is 11.9. The summed E-state index contributed by atoms with van der Waals surface area (Å²) in [6, 6.07) is 3.98. The Morgan fingerprint density at radius 3 is 2.71 bits per heavy atom. The lowest BCUT2D eigenvalue weighted by atomic mass is 9.90. The van der Waals surface area contributed by atoms with Gasteiger partial charge in [-0.2, -0.15) is 0 Å². The molecule has 0 amide bonds. The van der Waals surface area contributed by atoms with Gasteiger partial charge in [-0.05, 0) is 42.5 Å². The van der Waals surface area contributed by atoms with E-state index in [1.807, 2.05) is 19.1 Å². The first-order chi connectivity index (χ1) is 8.13. The van der Waals surface area contributed by atoms with Crippen molar-refractivity contribution < 1.29 is 4.74 Å². The van der Waals surface area contributed by atoms with Gasteiger partial charge in [0.05, 0.1) is 7.11 Å². The van der Waals surface area contributed by atoms with Crippen LogP contribution in [0.2, 0.25) is 5.02 Å². The van der Waals surface area contributed by atoms with Crippen molar-refractivity contribution in [3.63, 3.8) is 0 Å². The van der Waals surface area contributed by atoms with Crippen molar-refractivity contribution in [1.82, 2.24) is 0 Å². The first-order valence-electron chi connectivity index (χ1n) is 5.91. The van der Waals surface area contributed by atoms with Crippen LogP contribution in [0.3, 0.4) is 0 Å². The summed E-state index contributed by atoms with van der Waals surface area (Å²) in [4.78, 5) is 0. The lowest BCUT2D eigenvalue weighted by Crippen LogP contribution is -2.02. The highest BCUT2D eigenvalue weighted by molar-refractivity contribution is 6.31. The number of rotatable bonds is 5. The van der Waals surface area contributed by atoms with E-state index >= 15 is 0 Å². The lowest BCUT2D eigenvalue weighted by Gasteiger charge is -2.18. The molecule has 17 heavy (non-hydrogen) atoms. The van der Waals surface area contributed by atoms with Crippen LogP contribution < -0.4 is 4.74 Å². The van der Waals surface area contributed by atoms with Crippen LogP contribution in [-0.2, 0) is 0 Å². The highest BCUT2D eigenvalue weighted by Crippen LogP contribution is 2.35. The standard InChI is InChI=1S/C15H19ClO/c1-5-7-12(8-6-2)13-10-14(16)11(3)9-15(13)17-4/h1,9-10,12H,6-8H2,2-4H3. The molecule has 1 aromatic rings. The molecule has 0 saturated heterocycles. The van der Waals surface area contributed by atoms with E-state index < -0.39 is 0 Å². The van der Waals surface area contributed by atoms with E-state index in [4.69, 9.17) is 22.8 Å². The van der Waals surface area contributed by atoms with Gasteiger partial charge in [-0.1, -0.05) is 24.9 Å². The van der Waals surface area contributed by atoms with Gasteiger partial charge in [0.1, 0.15) is 5.75 Å². The van der Waals surface area contributed by atoms with Crippen LogP contribution in [0.4, 0.5) is 0 Å². The Balaban J connectivity index is 3.16. The molecule has 0 spiro atoms. The second kappa shape index (κ2) is 6.57. The quantitative estimate of drug-likeness (QED) is 0.696. The Labute approximate surface area is 109 Å². The third-order valence-electron chi connectivity index (χ3n) is 2.95. The molecular formula is C15H19ClO. The number of hydrogen-bond donors (Lipinski definition) is 0. The fourth-order valence-corrected chi connectivity index (χ4v) is 2.20. The minimum absolute atomic E-state index is 0.332. The molecule has 1 unspecified atom stereocenters. The van der Waals surface area contributed by atoms with Gasteiger partial charge in [-0.3, -0.25) is 0 Å². The summed E-state index contributed by atoms with van der Waals surface area (Å²) in [6.07, 6.45) is 8.31. The fourth-order valence-electron chi connectivity index (χ4n) is 2.02. The zero-order valence-corrected chi connectivity index (χ0v) is 11.5. The maximum atomic E-state index is 6.18. The molecule has 0 fully saturated rings. The molecule has 0 bridgehead atoms. The van der Waals surface area contributed by atoms with Crippen molar-refractivity contribution in [1.29, 1.82) is 0 Å². The van der Waals surface area contributed by atoms with Crippen molar-refractivity contribution >= 4 is 11.6 Å². The van der Waals surface area contributed by atoms with Gasteiger partial charge in [0.2, 0.25) is 0 Å². The molecule has 0 radical (unpaired) electrons. The maximum absolute atomic E-state index is 6.18. The fraction of sp³-hybridized carbons (Fsp3) is 0.467. The molecule has 0 saturated carbocycles. The molecule has 1 nitrogen and oxygen atoms in total. The molecule has 1 rings (SSSR count). The van der Waals surface area contributed by atoms with Crippen LogP contribution in [0, 0.1) is 19.3 Å². The molecule has 0 N–H and O–H groups in total. The highest BCUT2D eigenvalue weighted by atomic mass is 35.5. The first-order valence-corrected chi connectivity index (χ1v) is 6.29. The Bertz CT molecular complexity index is 418. The maximum Gasteiger partial charge on any atom is 0.122 e. The van der Waals surface area contributed by atoms with Gasteiger partial charge in [0.25, 0.3) is 0 Å². The van der Waals surface area contributed by atoms with Crippen LogP contribution >= 0.6 is 11.6 Å². The SMILES string of the molecule is C#CCC(CCC)c1cc(Cl)c(C)cc1OC. The molecule has 0 aliphatic heterocycles. The molecule has 1 aromatic carbocycles. The number of halogens is 1. The summed E-state index contributed by atoms with van der Waals surface area (Å²) in [7, 11) is 1.69. The van der Waals surface area contributed by atoms with Crippen LogP contribution in [0.15, 0.2) is 12.1 Å². The topological polar surface area (TPSA) is 9.23 Å². The lowest BCUT2D eigenvalue weighted by molar-refractivity contribution is 0.403. The Morgan fingerprint density at radius 1 is 1.47 bits per heavy atom. The Morgan fingerprint density at radius 2 is 2.18 bits per heavy atom. The van der Waals surface area contributed by atoms with Crippen molar-refractivity contribution in [3.8, 4) is 18.1 Å². The zero-order valence-electron chi connectivity index (χ0n) is 10.7. The van der Waals surface area contributed by atoms with E-state index in [1.165, 1.54) is 0 Å². The highest BCUT2D eigenvalue weighted by Gasteiger charge is 2.16. The van der Waals surface area contributed by atoms with Gasteiger partial charge in [0, 0.05) is 11.4 Å². The number of benzene rings is 1. The number of ether oxygens (including phenoxy) is 1. The van der Waals surface area contributed by atoms with Gasteiger partial charge < -0.3 is 4.74 Å². The summed E-state index contributed by atoms with van der Waals surface area (Å²) in [5.41, 5.74) is 2.16. The molecule has 0 aliphatic rings. The summed E-state index contributed by atoms with van der Waals surface area (Å²) in [5.74, 6) is 3.96. The average molecular weight is 251 g/mol. The van der Waals surface area contributed by atoms with Crippen molar-refractivity contribution in [2.24, 2.45) is 0 Å². The third-order valence-corrected chi connectivity index (χ3v) is 3.36. The number of terminal acetylenes is 1. The smallest absolute Gasteiger partial charge is 0.122 e. The summed E-state index contributed by atoms with van der Waals surface area (Å²) >= 11 is 6.18. The zero-order chi connectivity index (χ0) is 12.8. The monoisotopic (exact) mass is 250 g/mol. The minimum Gasteiger partial charge on any atom is -0.496 e. The largest absolute Gasteiger partial charge is 0.496 e. The molecule has 92 valence electrons. The molecule has 0 aliphatic carbocycles. The summed E-state index contributed by atoms with van der Waals surface area (Å²) in [6.45, 7) is 4.14. The van der Waals surface area contributed by atoms with E-state index in [0.717, 1.165) is 41.2 Å². The minimum atomic E-state index is 0.332. The van der Waals surface area contributed by atoms with E-state index in [0.29, 0.717) is 5.92 Å². The van der Waals surface area contributed by atoms with Crippen LogP contribution in [0.5, 0.6) is 5.75 Å². The summed E-state index contributed by atoms with van der Waals surface area (Å²) < 4.78 is 5.43. The van der Waals surface area contributed by atoms with E-state index in [1.54, 1.807) is 7.11 Å². The summed E-state index contributed by atoms with van der Waals surface area (Å²) in [5, 5.41) is 0.777. The Kier molecular flexibility index (Phi) is 5.38. The average Bonchev–Trinajstić information content (AvgIpc) is 2.32. The van der Waals surface area contributed by atoms with Gasteiger partial charge in [-0.15, -0.1) is 12.3 Å². The Hall–Kier alpha value is -1.13. The van der Waals surface area contributed by atoms with Crippen LogP contribution in [0.1, 0.15) is 43.2 Å². The van der Waals surface area contributed by atoms with Crippen LogP contribution in [0.25, 0.3) is 0 Å². The van der Waals surface area contributed by atoms with Gasteiger partial charge in [-0.25, -0.2) is 0 Å². The van der Waals surface area contributed by atoms with Crippen molar-refractivity contribution in [2.75, 3.05) is 7.11 Å². The van der Waals surface area contributed by atoms with Crippen molar-refractivity contribution in [3.05, 3.63) is 28.3 Å². The van der Waals surface area contributed by atoms with E-state index in [-0.39, 0.29) is 0 Å². The number of aryl methyl sites for hydroxylation is 1. The second-order valence-electron chi connectivity index (χ2n) is 4.24. The van der Waals surface area contributed by atoms with Crippen LogP contribution in [-0.4, -0.2) is 7.11 Å². The number of methoxy groups -OCH3 is 1.